The van der Waals surface area contributed by atoms with Crippen LogP contribution in [0.15, 0.2) is 60.9 Å². The number of carbonyl (C=O) groups excluding carboxylic acids is 8. The van der Waals surface area contributed by atoms with Gasteiger partial charge in [-0.3, -0.25) is 38.4 Å². The van der Waals surface area contributed by atoms with Gasteiger partial charge in [0.25, 0.3) is 0 Å². The van der Waals surface area contributed by atoms with Crippen LogP contribution < -0.4 is 43.0 Å². The van der Waals surface area contributed by atoms with E-state index in [2.05, 4.69) is 47.2 Å². The average Bonchev–Trinajstić information content (AvgIpc) is 4.23. The maximum absolute atomic E-state index is 14.9. The maximum Gasteiger partial charge on any atom is 0.326 e. The van der Waals surface area contributed by atoms with E-state index >= 15 is 0 Å². The summed E-state index contributed by atoms with van der Waals surface area (Å²) in [6.07, 6.45) is 7.76. The summed E-state index contributed by atoms with van der Waals surface area (Å²) in [7, 11) is 0. The van der Waals surface area contributed by atoms with E-state index in [9.17, 15) is 48.3 Å². The van der Waals surface area contributed by atoms with Crippen molar-refractivity contribution in [3.8, 4) is 0 Å². The fourth-order valence-corrected chi connectivity index (χ4v) is 10.1. The number of aliphatic carboxylic acids is 1. The van der Waals surface area contributed by atoms with Crippen molar-refractivity contribution in [2.45, 2.75) is 155 Å². The van der Waals surface area contributed by atoms with Crippen molar-refractivity contribution < 1.29 is 48.3 Å². The van der Waals surface area contributed by atoms with E-state index in [1.807, 2.05) is 82.5 Å². The van der Waals surface area contributed by atoms with Gasteiger partial charge in [0, 0.05) is 53.6 Å². The van der Waals surface area contributed by atoms with Crippen molar-refractivity contribution in [3.05, 3.63) is 72.1 Å². The highest BCUT2D eigenvalue weighted by Gasteiger charge is 2.42. The van der Waals surface area contributed by atoms with Gasteiger partial charge >= 0.3 is 5.97 Å². The molecule has 1 aliphatic rings. The lowest BCUT2D eigenvalue weighted by Gasteiger charge is -2.33. The summed E-state index contributed by atoms with van der Waals surface area (Å²) in [5.74, 6) is -7.18. The number of benzene rings is 2. The van der Waals surface area contributed by atoms with Crippen molar-refractivity contribution >= 4 is 86.8 Å². The second-order valence-electron chi connectivity index (χ2n) is 21.3. The number of nitrogens with zero attached hydrogens (tertiary/aromatic N) is 1. The number of hydrogen-bond donors (Lipinski definition) is 11. The third-order valence-electron chi connectivity index (χ3n) is 15.3. The third-order valence-corrected chi connectivity index (χ3v) is 16.0. The molecule has 11 atom stereocenters. The summed E-state index contributed by atoms with van der Waals surface area (Å²) in [5.41, 5.74) is 9.13. The molecule has 0 saturated carbocycles. The molecule has 2 aromatic carbocycles. The molecule has 1 aliphatic heterocycles. The molecule has 3 heterocycles. The van der Waals surface area contributed by atoms with E-state index < -0.39 is 120 Å². The Balaban J connectivity index is 1.41. The Morgan fingerprint density at radius 3 is 1.70 bits per heavy atom. The lowest BCUT2D eigenvalue weighted by atomic mass is 9.95. The standard InChI is InChI=1S/C57H83N11O10S/c1-10-32(6)46(58)54(74)66-48(33(7)11-2)55(75)61-30-45(69)62-42(26-35-28-59-39-20-15-13-18-37(35)39)51(71)63-41(23-25-79-9)50(70)64-43(27-36-29-60-40-21-16-14-19-38(36)40)52(72)67-49(34(8)12-3)56(76)68-24-17-22-44(68)53(73)65-47(31(4)5)57(77)78/h13-16,18-21,28-29,31-34,41-44,46-49,59-60H,10-12,17,22-27,30,58H2,1-9H3,(H,61,75)(H,62,69)(H,63,71)(H,64,70)(H,65,73)(H,66,74)(H,67,72)(H,77,78)/t32-,33-,34-,41-,42-,43-,44-,46-,47-,48-,49-/m0/s1. The second kappa shape index (κ2) is 29.9. The number of thioether (sulfide) groups is 1. The fraction of sp³-hybridized carbons (Fsp3) is 0.561. The highest BCUT2D eigenvalue weighted by atomic mass is 32.2. The number of aromatic amines is 2. The molecule has 0 unspecified atom stereocenters. The highest BCUT2D eigenvalue weighted by molar-refractivity contribution is 7.98. The van der Waals surface area contributed by atoms with Gasteiger partial charge in [-0.2, -0.15) is 11.8 Å². The van der Waals surface area contributed by atoms with Gasteiger partial charge < -0.3 is 62.9 Å². The molecule has 0 radical (unpaired) electrons. The SMILES string of the molecule is CC[C@H](C)[C@H](N)C(=O)N[C@H](C(=O)NCC(=O)N[C@@H](Cc1c[nH]c2ccccc12)C(=O)N[C@@H](CCSC)C(=O)N[C@@H](Cc1c[nH]c2ccccc12)C(=O)N[C@H](C(=O)N1CCC[C@H]1C(=O)N[C@H](C(=O)O)C(C)C)[C@@H](C)CC)[C@@H](C)CC. The number of nitrogens with one attached hydrogen (secondary N) is 9. The molecule has 2 aromatic heterocycles. The van der Waals surface area contributed by atoms with E-state index in [1.54, 1.807) is 40.1 Å². The molecule has 432 valence electrons. The Labute approximate surface area is 467 Å². The molecular formula is C57H83N11O10S. The average molecular weight is 1110 g/mol. The predicted octanol–water partition coefficient (Wildman–Crippen LogP) is 3.41. The molecule has 1 saturated heterocycles. The van der Waals surface area contributed by atoms with Crippen LogP contribution in [0.5, 0.6) is 0 Å². The quantitative estimate of drug-likeness (QED) is 0.0358. The first kappa shape index (κ1) is 62.9. The zero-order valence-electron chi connectivity index (χ0n) is 47.0. The first-order chi connectivity index (χ1) is 37.6. The molecular weight excluding hydrogens is 1030 g/mol. The monoisotopic (exact) mass is 1110 g/mol. The van der Waals surface area contributed by atoms with Crippen LogP contribution in [0.3, 0.4) is 0 Å². The van der Waals surface area contributed by atoms with Gasteiger partial charge in [0.15, 0.2) is 0 Å². The molecule has 0 spiro atoms. The number of aromatic nitrogens is 2. The minimum Gasteiger partial charge on any atom is -0.480 e. The van der Waals surface area contributed by atoms with Crippen molar-refractivity contribution in [1.82, 2.24) is 52.1 Å². The summed E-state index contributed by atoms with van der Waals surface area (Å²) in [6, 6.07) is 5.91. The van der Waals surface area contributed by atoms with Gasteiger partial charge in [0.2, 0.25) is 47.3 Å². The first-order valence-corrected chi connectivity index (χ1v) is 29.0. The lowest BCUT2D eigenvalue weighted by molar-refractivity contribution is -0.146. The second-order valence-corrected chi connectivity index (χ2v) is 22.3. The number of para-hydroxylation sites is 2. The fourth-order valence-electron chi connectivity index (χ4n) is 9.68. The Morgan fingerprint density at radius 2 is 1.15 bits per heavy atom. The van der Waals surface area contributed by atoms with Gasteiger partial charge in [0.05, 0.1) is 12.6 Å². The summed E-state index contributed by atoms with van der Waals surface area (Å²) >= 11 is 1.43. The largest absolute Gasteiger partial charge is 0.480 e. The lowest BCUT2D eigenvalue weighted by Crippen LogP contribution is -2.61. The van der Waals surface area contributed by atoms with Crippen LogP contribution >= 0.6 is 11.8 Å². The van der Waals surface area contributed by atoms with Crippen LogP contribution in [0.1, 0.15) is 105 Å². The number of carboxylic acid groups (broad SMARTS) is 1. The number of hydrogen-bond acceptors (Lipinski definition) is 11. The molecule has 1 fully saturated rings. The molecule has 5 rings (SSSR count). The molecule has 8 amide bonds. The van der Waals surface area contributed by atoms with E-state index in [0.29, 0.717) is 49.0 Å². The van der Waals surface area contributed by atoms with Gasteiger partial charge in [0.1, 0.15) is 42.3 Å². The van der Waals surface area contributed by atoms with Crippen LogP contribution in [0, 0.1) is 23.7 Å². The van der Waals surface area contributed by atoms with Gasteiger partial charge in [-0.25, -0.2) is 4.79 Å². The normalized spacial score (nSPS) is 17.3. The smallest absolute Gasteiger partial charge is 0.326 e. The summed E-state index contributed by atoms with van der Waals surface area (Å²) in [4.78, 5) is 133. The maximum atomic E-state index is 14.9. The number of rotatable bonds is 30. The predicted molar refractivity (Wildman–Crippen MR) is 305 cm³/mol. The molecule has 79 heavy (non-hydrogen) atoms. The molecule has 21 nitrogen and oxygen atoms in total. The number of carbonyl (C=O) groups is 9. The Morgan fingerprint density at radius 1 is 0.646 bits per heavy atom. The number of amides is 8. The van der Waals surface area contributed by atoms with E-state index in [1.165, 1.54) is 16.7 Å². The molecule has 4 aromatic rings. The molecule has 22 heteroatoms. The minimum atomic E-state index is -1.31. The van der Waals surface area contributed by atoms with Gasteiger partial charge in [-0.1, -0.05) is 111 Å². The van der Waals surface area contributed by atoms with E-state index in [-0.39, 0.29) is 37.6 Å². The molecule has 12 N–H and O–H groups in total. The highest BCUT2D eigenvalue weighted by Crippen LogP contribution is 2.25. The summed E-state index contributed by atoms with van der Waals surface area (Å²) in [5, 5.41) is 30.8. The summed E-state index contributed by atoms with van der Waals surface area (Å²) in [6.45, 7) is 14.1. The van der Waals surface area contributed by atoms with E-state index in [4.69, 9.17) is 5.73 Å². The number of nitrogens with two attached hydrogens (primary N) is 1. The van der Waals surface area contributed by atoms with Crippen molar-refractivity contribution in [2.75, 3.05) is 25.1 Å². The number of H-pyrrole nitrogens is 2. The van der Waals surface area contributed by atoms with Gasteiger partial charge in [-0.05, 0) is 78.2 Å². The van der Waals surface area contributed by atoms with Crippen LogP contribution in [0.4, 0.5) is 0 Å². The minimum absolute atomic E-state index is 0.0283. The zero-order valence-corrected chi connectivity index (χ0v) is 47.9. The zero-order chi connectivity index (χ0) is 58.1. The number of likely N-dealkylation sites (tertiary alicyclic amines) is 1. The Kier molecular flexibility index (Phi) is 23.8. The van der Waals surface area contributed by atoms with Crippen LogP contribution in [0.25, 0.3) is 21.8 Å². The van der Waals surface area contributed by atoms with Crippen LogP contribution in [-0.4, -0.2) is 147 Å². The van der Waals surface area contributed by atoms with Crippen molar-refractivity contribution in [2.24, 2.45) is 29.4 Å². The van der Waals surface area contributed by atoms with E-state index in [0.717, 1.165) is 21.8 Å². The van der Waals surface area contributed by atoms with Crippen molar-refractivity contribution in [3.63, 3.8) is 0 Å². The molecule has 0 aliphatic carbocycles. The Bertz CT molecular complexity index is 2760. The van der Waals surface area contributed by atoms with Crippen molar-refractivity contribution in [1.29, 1.82) is 0 Å². The van der Waals surface area contributed by atoms with Crippen LogP contribution in [0.2, 0.25) is 0 Å². The first-order valence-electron chi connectivity index (χ1n) is 27.6. The topological polar surface area (TPSA) is 319 Å². The number of carboxylic acids is 1. The third kappa shape index (κ3) is 16.8. The van der Waals surface area contributed by atoms with Crippen LogP contribution in [-0.2, 0) is 56.0 Å². The van der Waals surface area contributed by atoms with Gasteiger partial charge in [-0.15, -0.1) is 0 Å². The molecule has 0 bridgehead atoms. The Hall–Kier alpha value is -6.94. The number of fused-ring (bicyclic) bond motifs is 2. The summed E-state index contributed by atoms with van der Waals surface area (Å²) < 4.78 is 0.